The fraction of sp³-hybridized carbons (Fsp3) is 0.600. The molecule has 5 heteroatoms. The third-order valence-electron chi connectivity index (χ3n) is 2.78. The van der Waals surface area contributed by atoms with E-state index in [-0.39, 0.29) is 6.04 Å². The molecule has 0 bridgehead atoms. The minimum atomic E-state index is -0.768. The van der Waals surface area contributed by atoms with Gasteiger partial charge in [-0.2, -0.15) is 0 Å². The highest BCUT2D eigenvalue weighted by molar-refractivity contribution is 5.73. The first kappa shape index (κ1) is 10.2. The molecule has 3 N–H and O–H groups in total. The topological polar surface area (TPSA) is 78.0 Å². The number of aromatic nitrogens is 2. The van der Waals surface area contributed by atoms with Gasteiger partial charge in [0.1, 0.15) is 11.9 Å². The predicted molar refractivity (Wildman–Crippen MR) is 54.5 cm³/mol. The molecular weight excluding hydrogens is 194 g/mol. The van der Waals surface area contributed by atoms with Crippen molar-refractivity contribution < 1.29 is 9.90 Å². The Morgan fingerprint density at radius 3 is 3.00 bits per heavy atom. The number of rotatable bonds is 2. The Morgan fingerprint density at radius 1 is 1.60 bits per heavy atom. The quantitative estimate of drug-likeness (QED) is 0.678. The van der Waals surface area contributed by atoms with Gasteiger partial charge in [0, 0.05) is 12.2 Å². The number of nitrogens with zero attached hydrogens (tertiary/aromatic N) is 1. The van der Waals surface area contributed by atoms with Gasteiger partial charge in [0.2, 0.25) is 0 Å². The van der Waals surface area contributed by atoms with Crippen molar-refractivity contribution in [3.63, 3.8) is 0 Å². The Hall–Kier alpha value is -1.36. The first-order valence-corrected chi connectivity index (χ1v) is 5.17. The molecular formula is C10H15N3O2. The summed E-state index contributed by atoms with van der Waals surface area (Å²) in [7, 11) is 0. The number of imidazole rings is 1. The third kappa shape index (κ3) is 2.18. The molecule has 82 valence electrons. The van der Waals surface area contributed by atoms with Crippen molar-refractivity contribution in [3.05, 3.63) is 17.7 Å². The van der Waals surface area contributed by atoms with Crippen LogP contribution in [-0.4, -0.2) is 27.1 Å². The standard InChI is InChI=1S/C10H15N3O2/c1-6-11-5-9(12-6)7-3-2-4-8(13-7)10(14)15/h5,7-8,13H,2-4H2,1H3,(H,11,12)(H,14,15). The van der Waals surface area contributed by atoms with Gasteiger partial charge in [0.05, 0.1) is 5.69 Å². The Morgan fingerprint density at radius 2 is 2.40 bits per heavy atom. The average molecular weight is 209 g/mol. The lowest BCUT2D eigenvalue weighted by molar-refractivity contribution is -0.140. The maximum absolute atomic E-state index is 10.8. The summed E-state index contributed by atoms with van der Waals surface area (Å²) in [5.74, 6) is 0.0974. The molecule has 1 aliphatic heterocycles. The lowest BCUT2D eigenvalue weighted by Crippen LogP contribution is -2.42. The number of carbonyl (C=O) groups is 1. The number of hydrogen-bond acceptors (Lipinski definition) is 3. The highest BCUT2D eigenvalue weighted by Crippen LogP contribution is 2.24. The first-order valence-electron chi connectivity index (χ1n) is 5.17. The van der Waals surface area contributed by atoms with Crippen molar-refractivity contribution in [1.29, 1.82) is 0 Å². The Bertz CT molecular complexity index is 361. The van der Waals surface area contributed by atoms with Crippen molar-refractivity contribution in [2.45, 2.75) is 38.3 Å². The van der Waals surface area contributed by atoms with Crippen molar-refractivity contribution >= 4 is 5.97 Å². The van der Waals surface area contributed by atoms with Crippen LogP contribution in [0.1, 0.15) is 36.8 Å². The van der Waals surface area contributed by atoms with Gasteiger partial charge in [-0.3, -0.25) is 10.1 Å². The second kappa shape index (κ2) is 4.02. The molecule has 0 aliphatic carbocycles. The molecule has 2 unspecified atom stereocenters. The number of aryl methyl sites for hydroxylation is 1. The molecule has 15 heavy (non-hydrogen) atoms. The van der Waals surface area contributed by atoms with Gasteiger partial charge in [0.25, 0.3) is 0 Å². The van der Waals surface area contributed by atoms with Crippen LogP contribution in [0.2, 0.25) is 0 Å². The number of nitrogens with one attached hydrogen (secondary N) is 2. The normalized spacial score (nSPS) is 26.5. The number of piperidine rings is 1. The van der Waals surface area contributed by atoms with Crippen molar-refractivity contribution in [2.75, 3.05) is 0 Å². The molecule has 0 saturated carbocycles. The molecule has 1 aliphatic rings. The number of hydrogen-bond donors (Lipinski definition) is 3. The molecule has 5 nitrogen and oxygen atoms in total. The molecule has 0 spiro atoms. The third-order valence-corrected chi connectivity index (χ3v) is 2.78. The van der Waals surface area contributed by atoms with E-state index in [9.17, 15) is 4.79 Å². The van der Waals surface area contributed by atoms with E-state index in [0.717, 1.165) is 24.4 Å². The van der Waals surface area contributed by atoms with Crippen molar-refractivity contribution in [2.24, 2.45) is 0 Å². The number of H-pyrrole nitrogens is 1. The van der Waals surface area contributed by atoms with E-state index in [0.29, 0.717) is 6.42 Å². The summed E-state index contributed by atoms with van der Waals surface area (Å²) in [4.78, 5) is 18.1. The number of carboxylic acids is 1. The van der Waals surface area contributed by atoms with E-state index in [2.05, 4.69) is 15.3 Å². The molecule has 0 amide bonds. The Balaban J connectivity index is 2.07. The summed E-state index contributed by atoms with van der Waals surface area (Å²) in [6.07, 6.45) is 4.38. The smallest absolute Gasteiger partial charge is 0.320 e. The van der Waals surface area contributed by atoms with E-state index in [1.165, 1.54) is 0 Å². The fourth-order valence-corrected chi connectivity index (χ4v) is 1.99. The first-order chi connectivity index (χ1) is 7.16. The van der Waals surface area contributed by atoms with E-state index in [1.54, 1.807) is 6.20 Å². The summed E-state index contributed by atoms with van der Waals surface area (Å²) in [5.41, 5.74) is 0.985. The maximum Gasteiger partial charge on any atom is 0.320 e. The summed E-state index contributed by atoms with van der Waals surface area (Å²) in [5, 5.41) is 12.0. The van der Waals surface area contributed by atoms with E-state index in [4.69, 9.17) is 5.11 Å². The highest BCUT2D eigenvalue weighted by Gasteiger charge is 2.27. The van der Waals surface area contributed by atoms with Crippen LogP contribution in [0.25, 0.3) is 0 Å². The number of aliphatic carboxylic acids is 1. The van der Waals surface area contributed by atoms with Crippen LogP contribution in [-0.2, 0) is 4.79 Å². The molecule has 2 rings (SSSR count). The van der Waals surface area contributed by atoms with Crippen LogP contribution >= 0.6 is 0 Å². The van der Waals surface area contributed by atoms with Crippen LogP contribution in [0.3, 0.4) is 0 Å². The minimum absolute atomic E-state index is 0.0982. The van der Waals surface area contributed by atoms with Gasteiger partial charge in [-0.15, -0.1) is 0 Å². The molecule has 1 aromatic rings. The lowest BCUT2D eigenvalue weighted by Gasteiger charge is -2.27. The maximum atomic E-state index is 10.8. The highest BCUT2D eigenvalue weighted by atomic mass is 16.4. The van der Waals surface area contributed by atoms with Gasteiger partial charge in [-0.05, 0) is 26.2 Å². The number of carboxylic acid groups (broad SMARTS) is 1. The van der Waals surface area contributed by atoms with Gasteiger partial charge in [-0.1, -0.05) is 0 Å². The molecule has 1 saturated heterocycles. The zero-order valence-electron chi connectivity index (χ0n) is 8.66. The zero-order valence-corrected chi connectivity index (χ0v) is 8.66. The lowest BCUT2D eigenvalue weighted by atomic mass is 9.97. The molecule has 0 aromatic carbocycles. The molecule has 1 aromatic heterocycles. The zero-order chi connectivity index (χ0) is 10.8. The van der Waals surface area contributed by atoms with Crippen molar-refractivity contribution in [1.82, 2.24) is 15.3 Å². The van der Waals surface area contributed by atoms with Crippen LogP contribution in [0.5, 0.6) is 0 Å². The average Bonchev–Trinajstić information content (AvgIpc) is 2.65. The monoisotopic (exact) mass is 209 g/mol. The van der Waals surface area contributed by atoms with Crippen LogP contribution < -0.4 is 5.32 Å². The van der Waals surface area contributed by atoms with Crippen LogP contribution in [0.15, 0.2) is 6.20 Å². The molecule has 0 radical (unpaired) electrons. The molecule has 2 atom stereocenters. The van der Waals surface area contributed by atoms with Gasteiger partial charge < -0.3 is 10.1 Å². The summed E-state index contributed by atoms with van der Waals surface area (Å²) < 4.78 is 0. The minimum Gasteiger partial charge on any atom is -0.480 e. The SMILES string of the molecule is Cc1ncc(C2CCCC(C(=O)O)N2)[nH]1. The summed E-state index contributed by atoms with van der Waals surface area (Å²) in [6.45, 7) is 1.89. The van der Waals surface area contributed by atoms with Gasteiger partial charge >= 0.3 is 5.97 Å². The van der Waals surface area contributed by atoms with Crippen LogP contribution in [0.4, 0.5) is 0 Å². The second-order valence-electron chi connectivity index (χ2n) is 3.96. The van der Waals surface area contributed by atoms with E-state index in [1.807, 2.05) is 6.92 Å². The Kier molecular flexibility index (Phi) is 2.73. The summed E-state index contributed by atoms with van der Waals surface area (Å²) in [6, 6.07) is -0.326. The summed E-state index contributed by atoms with van der Waals surface area (Å²) >= 11 is 0. The van der Waals surface area contributed by atoms with Crippen molar-refractivity contribution in [3.8, 4) is 0 Å². The Labute approximate surface area is 87.9 Å². The van der Waals surface area contributed by atoms with Crippen LogP contribution in [0, 0.1) is 6.92 Å². The fourth-order valence-electron chi connectivity index (χ4n) is 1.99. The largest absolute Gasteiger partial charge is 0.480 e. The second-order valence-corrected chi connectivity index (χ2v) is 3.96. The molecule has 1 fully saturated rings. The van der Waals surface area contributed by atoms with Gasteiger partial charge in [0.15, 0.2) is 0 Å². The predicted octanol–water partition coefficient (Wildman–Crippen LogP) is 0.986. The van der Waals surface area contributed by atoms with Gasteiger partial charge in [-0.25, -0.2) is 4.98 Å². The van der Waals surface area contributed by atoms with E-state index < -0.39 is 12.0 Å². The van der Waals surface area contributed by atoms with E-state index >= 15 is 0 Å². The number of aromatic amines is 1. The molecule has 2 heterocycles.